The van der Waals surface area contributed by atoms with Gasteiger partial charge in [-0.1, -0.05) is 0 Å². The predicted molar refractivity (Wildman–Crippen MR) is 41.3 cm³/mol. The molecule has 3 nitrogen and oxygen atoms in total. The molecule has 0 aliphatic rings. The van der Waals surface area contributed by atoms with E-state index >= 15 is 0 Å². The first-order chi connectivity index (χ1) is 4.34. The van der Waals surface area contributed by atoms with E-state index < -0.39 is 0 Å². The van der Waals surface area contributed by atoms with Gasteiger partial charge in [0.15, 0.2) is 9.45 Å². The summed E-state index contributed by atoms with van der Waals surface area (Å²) in [5.41, 5.74) is 0. The second-order valence-corrected chi connectivity index (χ2v) is 2.41. The van der Waals surface area contributed by atoms with E-state index in [4.69, 9.17) is 4.74 Å². The van der Waals surface area contributed by atoms with Gasteiger partial charge in [0.05, 0.1) is 13.3 Å². The Labute approximate surface area is 66.6 Å². The Hall–Kier alpha value is -0.390. The predicted octanol–water partition coefficient (Wildman–Crippen LogP) is 1.09. The van der Waals surface area contributed by atoms with Gasteiger partial charge in [-0.25, -0.2) is 0 Å². The molecule has 1 rings (SSSR count). The van der Waals surface area contributed by atoms with Crippen LogP contribution in [-0.2, 0) is 0 Å². The molecule has 0 aromatic carbocycles. The molecule has 0 aliphatic heterocycles. The zero-order valence-electron chi connectivity index (χ0n) is 4.84. The molecule has 0 bridgehead atoms. The van der Waals surface area contributed by atoms with Crippen LogP contribution >= 0.6 is 22.6 Å². The summed E-state index contributed by atoms with van der Waals surface area (Å²) in [5.74, 6) is 0.769. The maximum atomic E-state index is 4.93. The molecule has 4 heteroatoms. The highest BCUT2D eigenvalue weighted by atomic mass is 127. The van der Waals surface area contributed by atoms with Crippen molar-refractivity contribution in [3.8, 4) is 5.75 Å². The fourth-order valence-corrected chi connectivity index (χ4v) is 0.980. The highest BCUT2D eigenvalue weighted by Crippen LogP contribution is 2.14. The van der Waals surface area contributed by atoms with Crippen LogP contribution in [0.15, 0.2) is 12.3 Å². The van der Waals surface area contributed by atoms with Crippen LogP contribution in [0.25, 0.3) is 0 Å². The molecule has 0 amide bonds. The Morgan fingerprint density at radius 2 is 2.44 bits per heavy atom. The van der Waals surface area contributed by atoms with Crippen molar-refractivity contribution in [2.75, 3.05) is 7.11 Å². The summed E-state index contributed by atoms with van der Waals surface area (Å²) >= 11 is 2.06. The molecule has 0 atom stereocenters. The molecular weight excluding hydrogens is 231 g/mol. The first kappa shape index (κ1) is 6.73. The molecule has 9 heavy (non-hydrogen) atoms. The van der Waals surface area contributed by atoms with E-state index in [-0.39, 0.29) is 0 Å². The number of halogens is 1. The topological polar surface area (TPSA) is 35.0 Å². The van der Waals surface area contributed by atoms with E-state index in [1.807, 2.05) is 0 Å². The van der Waals surface area contributed by atoms with E-state index in [9.17, 15) is 0 Å². The molecular formula is C5H5IN2O. The number of methoxy groups -OCH3 is 1. The molecule has 48 valence electrons. The molecule has 0 saturated carbocycles. The van der Waals surface area contributed by atoms with Crippen LogP contribution < -0.4 is 4.74 Å². The lowest BCUT2D eigenvalue weighted by Gasteiger charge is -1.97. The molecule has 0 N–H and O–H groups in total. The van der Waals surface area contributed by atoms with Gasteiger partial charge in [0.1, 0.15) is 0 Å². The number of nitrogens with zero attached hydrogens (tertiary/aromatic N) is 2. The minimum atomic E-state index is 0.769. The Morgan fingerprint density at radius 1 is 1.67 bits per heavy atom. The molecule has 1 heterocycles. The fourth-order valence-electron chi connectivity index (χ4n) is 0.455. The molecule has 1 aromatic rings. The quantitative estimate of drug-likeness (QED) is 0.684. The van der Waals surface area contributed by atoms with Gasteiger partial charge in [-0.15, -0.1) is 5.10 Å². The lowest BCUT2D eigenvalue weighted by molar-refractivity contribution is 0.407. The van der Waals surface area contributed by atoms with E-state index in [1.165, 1.54) is 0 Å². The lowest BCUT2D eigenvalue weighted by atomic mass is 10.5. The monoisotopic (exact) mass is 236 g/mol. The second kappa shape index (κ2) is 2.95. The van der Waals surface area contributed by atoms with Crippen molar-refractivity contribution in [1.82, 2.24) is 10.2 Å². The Bertz CT molecular complexity index is 204. The molecule has 0 aliphatic carbocycles. The van der Waals surface area contributed by atoms with Crippen LogP contribution in [0.5, 0.6) is 5.75 Å². The zero-order valence-corrected chi connectivity index (χ0v) is 6.99. The van der Waals surface area contributed by atoms with E-state index in [2.05, 4.69) is 32.8 Å². The first-order valence-corrected chi connectivity index (χ1v) is 3.43. The number of hydrogen-bond donors (Lipinski definition) is 0. The number of aromatic nitrogens is 2. The summed E-state index contributed by atoms with van der Waals surface area (Å²) in [7, 11) is 1.61. The molecule has 0 radical (unpaired) electrons. The molecule has 1 aromatic heterocycles. The summed E-state index contributed by atoms with van der Waals surface area (Å²) in [6, 6.07) is 1.77. The van der Waals surface area contributed by atoms with Gasteiger partial charge < -0.3 is 4.74 Å². The highest BCUT2D eigenvalue weighted by Gasteiger charge is 1.96. The largest absolute Gasteiger partial charge is 0.494 e. The molecule has 0 spiro atoms. The Kier molecular flexibility index (Phi) is 2.21. The van der Waals surface area contributed by atoms with Crippen molar-refractivity contribution in [3.05, 3.63) is 16.0 Å². The zero-order chi connectivity index (χ0) is 6.69. The van der Waals surface area contributed by atoms with Gasteiger partial charge in [-0.05, 0) is 22.6 Å². The van der Waals surface area contributed by atoms with Crippen LogP contribution in [-0.4, -0.2) is 17.3 Å². The average Bonchev–Trinajstić information content (AvgIpc) is 1.89. The standard InChI is InChI=1S/C5H5IN2O/c1-9-4-2-3-7-8-5(4)6/h2-3H,1H3. The summed E-state index contributed by atoms with van der Waals surface area (Å²) in [6.45, 7) is 0. The average molecular weight is 236 g/mol. The van der Waals surface area contributed by atoms with Crippen molar-refractivity contribution in [2.45, 2.75) is 0 Å². The smallest absolute Gasteiger partial charge is 0.165 e. The van der Waals surface area contributed by atoms with Crippen LogP contribution in [0.2, 0.25) is 0 Å². The van der Waals surface area contributed by atoms with Crippen LogP contribution in [0.4, 0.5) is 0 Å². The van der Waals surface area contributed by atoms with Crippen molar-refractivity contribution in [2.24, 2.45) is 0 Å². The van der Waals surface area contributed by atoms with Gasteiger partial charge in [-0.2, -0.15) is 5.10 Å². The third kappa shape index (κ3) is 1.51. The third-order valence-corrected chi connectivity index (χ3v) is 1.61. The van der Waals surface area contributed by atoms with Crippen LogP contribution in [0.3, 0.4) is 0 Å². The lowest BCUT2D eigenvalue weighted by Crippen LogP contribution is -1.90. The van der Waals surface area contributed by atoms with Crippen LogP contribution in [0, 0.1) is 3.70 Å². The normalized spacial score (nSPS) is 9.11. The Morgan fingerprint density at radius 3 is 2.89 bits per heavy atom. The number of rotatable bonds is 1. The van der Waals surface area contributed by atoms with Crippen molar-refractivity contribution in [3.63, 3.8) is 0 Å². The fraction of sp³-hybridized carbons (Fsp3) is 0.200. The SMILES string of the molecule is COc1ccnnc1I. The van der Waals surface area contributed by atoms with Crippen molar-refractivity contribution < 1.29 is 4.74 Å². The number of hydrogen-bond acceptors (Lipinski definition) is 3. The highest BCUT2D eigenvalue weighted by molar-refractivity contribution is 14.1. The third-order valence-electron chi connectivity index (χ3n) is 0.861. The summed E-state index contributed by atoms with van der Waals surface area (Å²) < 4.78 is 5.72. The summed E-state index contributed by atoms with van der Waals surface area (Å²) in [5, 5.41) is 7.42. The maximum Gasteiger partial charge on any atom is 0.165 e. The van der Waals surface area contributed by atoms with Crippen molar-refractivity contribution >= 4 is 22.6 Å². The van der Waals surface area contributed by atoms with Crippen LogP contribution in [0.1, 0.15) is 0 Å². The molecule has 0 saturated heterocycles. The van der Waals surface area contributed by atoms with Gasteiger partial charge in [0.2, 0.25) is 0 Å². The summed E-state index contributed by atoms with van der Waals surface area (Å²) in [6.07, 6.45) is 1.60. The minimum absolute atomic E-state index is 0.769. The van der Waals surface area contributed by atoms with E-state index in [1.54, 1.807) is 19.4 Å². The van der Waals surface area contributed by atoms with E-state index in [0.29, 0.717) is 0 Å². The molecule has 0 fully saturated rings. The first-order valence-electron chi connectivity index (χ1n) is 2.36. The molecule has 0 unspecified atom stereocenters. The van der Waals surface area contributed by atoms with Gasteiger partial charge in [0, 0.05) is 6.07 Å². The number of ether oxygens (including phenoxy) is 1. The second-order valence-electron chi connectivity index (χ2n) is 1.39. The van der Waals surface area contributed by atoms with Gasteiger partial charge >= 0.3 is 0 Å². The van der Waals surface area contributed by atoms with E-state index in [0.717, 1.165) is 9.45 Å². The minimum Gasteiger partial charge on any atom is -0.494 e. The van der Waals surface area contributed by atoms with Crippen molar-refractivity contribution in [1.29, 1.82) is 0 Å². The maximum absolute atomic E-state index is 4.93. The Balaban J connectivity index is 3.01. The summed E-state index contributed by atoms with van der Waals surface area (Å²) in [4.78, 5) is 0. The van der Waals surface area contributed by atoms with Gasteiger partial charge in [-0.3, -0.25) is 0 Å². The van der Waals surface area contributed by atoms with Gasteiger partial charge in [0.25, 0.3) is 0 Å².